The minimum atomic E-state index is 0.0537. The van der Waals surface area contributed by atoms with E-state index in [0.29, 0.717) is 5.95 Å². The van der Waals surface area contributed by atoms with Gasteiger partial charge in [-0.1, -0.05) is 0 Å². The average molecular weight is 322 g/mol. The molecule has 0 aliphatic heterocycles. The Morgan fingerprint density at radius 3 is 2.71 bits per heavy atom. The molecule has 8 heteroatoms. The second kappa shape index (κ2) is 3.65. The van der Waals surface area contributed by atoms with E-state index in [9.17, 15) is 0 Å². The van der Waals surface area contributed by atoms with Crippen molar-refractivity contribution >= 4 is 40.1 Å². The van der Waals surface area contributed by atoms with Gasteiger partial charge in [-0.15, -0.1) is 0 Å². The summed E-state index contributed by atoms with van der Waals surface area (Å²) in [6.45, 7) is 0. The molecule has 2 aromatic heterocycles. The molecule has 0 saturated carbocycles. The predicted octanol–water partition coefficient (Wildman–Crippen LogP) is 0.897. The molecule has 0 atom stereocenters. The highest BCUT2D eigenvalue weighted by Gasteiger charge is 2.05. The fourth-order valence-corrected chi connectivity index (χ4v) is 1.42. The SMILES string of the molecule is Nc1nc(Cl)nc(-n2cc(I)cn2)n1. The van der Waals surface area contributed by atoms with E-state index in [1.54, 1.807) is 12.4 Å². The van der Waals surface area contributed by atoms with Crippen LogP contribution >= 0.6 is 34.2 Å². The van der Waals surface area contributed by atoms with Crippen molar-refractivity contribution in [2.24, 2.45) is 0 Å². The third-order valence-electron chi connectivity index (χ3n) is 1.37. The van der Waals surface area contributed by atoms with Gasteiger partial charge >= 0.3 is 0 Å². The van der Waals surface area contributed by atoms with E-state index < -0.39 is 0 Å². The van der Waals surface area contributed by atoms with E-state index in [-0.39, 0.29) is 11.2 Å². The molecule has 0 bridgehead atoms. The molecule has 72 valence electrons. The molecular weight excluding hydrogens is 318 g/mol. The molecule has 0 unspecified atom stereocenters. The van der Waals surface area contributed by atoms with Crippen LogP contribution in [0.15, 0.2) is 12.4 Å². The van der Waals surface area contributed by atoms with Crippen molar-refractivity contribution in [2.45, 2.75) is 0 Å². The molecule has 14 heavy (non-hydrogen) atoms. The summed E-state index contributed by atoms with van der Waals surface area (Å²) in [5.74, 6) is 0.385. The molecule has 0 radical (unpaired) electrons. The van der Waals surface area contributed by atoms with Crippen LogP contribution in [0.5, 0.6) is 0 Å². The third kappa shape index (κ3) is 1.93. The highest BCUT2D eigenvalue weighted by molar-refractivity contribution is 14.1. The van der Waals surface area contributed by atoms with Crippen LogP contribution in [-0.4, -0.2) is 24.7 Å². The number of rotatable bonds is 1. The van der Waals surface area contributed by atoms with Gasteiger partial charge in [0.1, 0.15) is 0 Å². The van der Waals surface area contributed by atoms with Gasteiger partial charge in [-0.25, -0.2) is 4.68 Å². The standard InChI is InChI=1S/C6H4ClIN6/c7-4-11-5(9)13-6(12-4)14-2-3(8)1-10-14/h1-2H,(H2,9,11,12,13). The lowest BCUT2D eigenvalue weighted by Gasteiger charge is -1.99. The molecule has 0 spiro atoms. The summed E-state index contributed by atoms with van der Waals surface area (Å²) >= 11 is 7.75. The van der Waals surface area contributed by atoms with Crippen molar-refractivity contribution in [3.63, 3.8) is 0 Å². The van der Waals surface area contributed by atoms with E-state index in [0.717, 1.165) is 3.57 Å². The van der Waals surface area contributed by atoms with E-state index >= 15 is 0 Å². The number of hydrogen-bond acceptors (Lipinski definition) is 5. The Kier molecular flexibility index (Phi) is 2.50. The van der Waals surface area contributed by atoms with Crippen molar-refractivity contribution < 1.29 is 0 Å². The lowest BCUT2D eigenvalue weighted by Crippen LogP contribution is -2.06. The summed E-state index contributed by atoms with van der Waals surface area (Å²) in [4.78, 5) is 11.4. The molecule has 0 aliphatic rings. The van der Waals surface area contributed by atoms with E-state index in [1.807, 2.05) is 0 Å². The lowest BCUT2D eigenvalue weighted by molar-refractivity contribution is 0.799. The summed E-state index contributed by atoms with van der Waals surface area (Å²) in [7, 11) is 0. The number of aromatic nitrogens is 5. The monoisotopic (exact) mass is 322 g/mol. The molecule has 0 aromatic carbocycles. The van der Waals surface area contributed by atoms with Crippen molar-refractivity contribution in [3.8, 4) is 5.95 Å². The van der Waals surface area contributed by atoms with Crippen LogP contribution in [-0.2, 0) is 0 Å². The highest BCUT2D eigenvalue weighted by atomic mass is 127. The summed E-state index contributed by atoms with van der Waals surface area (Å²) in [5, 5.41) is 4.06. The fraction of sp³-hybridized carbons (Fsp3) is 0. The van der Waals surface area contributed by atoms with Crippen molar-refractivity contribution in [3.05, 3.63) is 21.2 Å². The highest BCUT2D eigenvalue weighted by Crippen LogP contribution is 2.08. The normalized spacial score (nSPS) is 10.4. The summed E-state index contributed by atoms with van der Waals surface area (Å²) < 4.78 is 2.45. The average Bonchev–Trinajstić information content (AvgIpc) is 2.50. The minimum Gasteiger partial charge on any atom is -0.368 e. The molecule has 6 nitrogen and oxygen atoms in total. The number of nitrogen functional groups attached to an aromatic ring is 1. The summed E-state index contributed by atoms with van der Waals surface area (Å²) in [5.41, 5.74) is 5.41. The molecule has 0 amide bonds. The van der Waals surface area contributed by atoms with Crippen molar-refractivity contribution in [1.82, 2.24) is 24.7 Å². The van der Waals surface area contributed by atoms with Crippen LogP contribution in [0.2, 0.25) is 5.28 Å². The molecule has 2 rings (SSSR count). The first-order valence-electron chi connectivity index (χ1n) is 3.53. The quantitative estimate of drug-likeness (QED) is 0.789. The lowest BCUT2D eigenvalue weighted by atomic mass is 10.7. The van der Waals surface area contributed by atoms with Gasteiger partial charge < -0.3 is 5.73 Å². The van der Waals surface area contributed by atoms with Crippen molar-refractivity contribution in [2.75, 3.05) is 5.73 Å². The van der Waals surface area contributed by atoms with Gasteiger partial charge in [-0.2, -0.15) is 20.1 Å². The third-order valence-corrected chi connectivity index (χ3v) is 2.10. The zero-order chi connectivity index (χ0) is 10.1. The maximum atomic E-state index is 5.62. The van der Waals surface area contributed by atoms with Crippen LogP contribution in [0.3, 0.4) is 0 Å². The minimum absolute atomic E-state index is 0.0537. The van der Waals surface area contributed by atoms with Crippen LogP contribution < -0.4 is 5.73 Å². The Hall–Kier alpha value is -0.960. The molecule has 2 heterocycles. The molecular formula is C6H4ClIN6. The van der Waals surface area contributed by atoms with Gasteiger partial charge in [-0.05, 0) is 34.2 Å². The Morgan fingerprint density at radius 2 is 2.14 bits per heavy atom. The number of anilines is 1. The predicted molar refractivity (Wildman–Crippen MR) is 59.1 cm³/mol. The molecule has 2 N–H and O–H groups in total. The number of halogens is 2. The first kappa shape index (κ1) is 9.59. The van der Waals surface area contributed by atoms with Gasteiger partial charge in [0.2, 0.25) is 11.2 Å². The van der Waals surface area contributed by atoms with E-state index in [2.05, 4.69) is 42.6 Å². The largest absolute Gasteiger partial charge is 0.368 e. The first-order chi connectivity index (χ1) is 6.65. The van der Waals surface area contributed by atoms with Crippen LogP contribution in [0.25, 0.3) is 5.95 Å². The maximum Gasteiger partial charge on any atom is 0.256 e. The topological polar surface area (TPSA) is 82.5 Å². The molecule has 0 saturated heterocycles. The second-order valence-electron chi connectivity index (χ2n) is 2.37. The Bertz CT molecular complexity index is 449. The fourth-order valence-electron chi connectivity index (χ4n) is 0.867. The van der Waals surface area contributed by atoms with Gasteiger partial charge in [0.15, 0.2) is 0 Å². The van der Waals surface area contributed by atoms with Crippen LogP contribution in [0, 0.1) is 3.57 Å². The molecule has 2 aromatic rings. The zero-order valence-corrected chi connectivity index (χ0v) is 9.64. The van der Waals surface area contributed by atoms with Gasteiger partial charge in [0.25, 0.3) is 5.95 Å². The zero-order valence-electron chi connectivity index (χ0n) is 6.72. The van der Waals surface area contributed by atoms with Gasteiger partial charge in [-0.3, -0.25) is 0 Å². The Morgan fingerprint density at radius 1 is 1.36 bits per heavy atom. The van der Waals surface area contributed by atoms with Crippen LogP contribution in [0.4, 0.5) is 5.95 Å². The second-order valence-corrected chi connectivity index (χ2v) is 3.95. The smallest absolute Gasteiger partial charge is 0.256 e. The molecule has 0 fully saturated rings. The molecule has 0 aliphatic carbocycles. The first-order valence-corrected chi connectivity index (χ1v) is 4.98. The Balaban J connectivity index is 2.51. The number of nitrogens with zero attached hydrogens (tertiary/aromatic N) is 5. The maximum absolute atomic E-state index is 5.62. The number of nitrogens with two attached hydrogens (primary N) is 1. The van der Waals surface area contributed by atoms with E-state index in [1.165, 1.54) is 4.68 Å². The summed E-state index contributed by atoms with van der Waals surface area (Å²) in [6, 6.07) is 0. The van der Waals surface area contributed by atoms with Gasteiger partial charge in [0, 0.05) is 6.20 Å². The number of hydrogen-bond donors (Lipinski definition) is 1. The van der Waals surface area contributed by atoms with Crippen molar-refractivity contribution in [1.29, 1.82) is 0 Å². The summed E-state index contributed by atoms with van der Waals surface area (Å²) in [6.07, 6.45) is 3.43. The van der Waals surface area contributed by atoms with Gasteiger partial charge in [0.05, 0.1) is 9.77 Å². The van der Waals surface area contributed by atoms with Crippen LogP contribution in [0.1, 0.15) is 0 Å². The Labute approximate surface area is 97.7 Å². The van der Waals surface area contributed by atoms with E-state index in [4.69, 9.17) is 17.3 Å².